The molecule has 8 nitrogen and oxygen atoms in total. The number of carboxylic acid groups (broad SMARTS) is 1. The Balaban J connectivity index is 1.47. The molecule has 4 fully saturated rings. The van der Waals surface area contributed by atoms with Gasteiger partial charge in [-0.3, -0.25) is 9.59 Å². The predicted molar refractivity (Wildman–Crippen MR) is 124 cm³/mol. The summed E-state index contributed by atoms with van der Waals surface area (Å²) >= 11 is 6.55. The van der Waals surface area contributed by atoms with Crippen LogP contribution in [0.1, 0.15) is 44.9 Å². The Bertz CT molecular complexity index is 1150. The van der Waals surface area contributed by atoms with Crippen molar-refractivity contribution in [2.24, 2.45) is 17.3 Å². The van der Waals surface area contributed by atoms with Gasteiger partial charge in [0.25, 0.3) is 5.56 Å². The summed E-state index contributed by atoms with van der Waals surface area (Å²) < 4.78 is 12.2. The van der Waals surface area contributed by atoms with Crippen molar-refractivity contribution in [1.29, 1.82) is 0 Å². The van der Waals surface area contributed by atoms with Gasteiger partial charge >= 0.3 is 5.97 Å². The van der Waals surface area contributed by atoms with Gasteiger partial charge in [-0.1, -0.05) is 11.6 Å². The number of aliphatic carboxylic acids is 1. The fourth-order valence-corrected chi connectivity index (χ4v) is 7.28. The molecule has 0 saturated heterocycles. The van der Waals surface area contributed by atoms with Gasteiger partial charge in [-0.15, -0.1) is 0 Å². The maximum absolute atomic E-state index is 13.4. The molecule has 4 atom stereocenters. The number of anilines is 2. The van der Waals surface area contributed by atoms with Crippen molar-refractivity contribution < 1.29 is 19.4 Å². The Morgan fingerprint density at radius 3 is 2.55 bits per heavy atom. The molecule has 176 valence electrons. The van der Waals surface area contributed by atoms with Crippen LogP contribution in [0, 0.1) is 17.3 Å². The number of ether oxygens (including phenoxy) is 2. The Morgan fingerprint density at radius 2 is 1.91 bits per heavy atom. The van der Waals surface area contributed by atoms with Crippen molar-refractivity contribution >= 4 is 28.9 Å². The van der Waals surface area contributed by atoms with Crippen LogP contribution in [0.25, 0.3) is 0 Å². The molecule has 1 heterocycles. The normalized spacial score (nSPS) is 29.7. The lowest BCUT2D eigenvalue weighted by atomic mass is 9.46. The van der Waals surface area contributed by atoms with E-state index in [1.807, 2.05) is 0 Å². The Morgan fingerprint density at radius 1 is 1.21 bits per heavy atom. The van der Waals surface area contributed by atoms with Crippen molar-refractivity contribution in [1.82, 2.24) is 9.78 Å². The van der Waals surface area contributed by atoms with Crippen LogP contribution >= 0.6 is 11.6 Å². The Labute approximate surface area is 196 Å². The molecule has 9 heteroatoms. The zero-order valence-corrected chi connectivity index (χ0v) is 19.5. The van der Waals surface area contributed by atoms with Crippen molar-refractivity contribution in [2.45, 2.75) is 50.5 Å². The molecular weight excluding hydrogens is 446 g/mol. The summed E-state index contributed by atoms with van der Waals surface area (Å²) in [6.45, 7) is 0. The van der Waals surface area contributed by atoms with E-state index in [0.717, 1.165) is 32.1 Å². The molecule has 0 amide bonds. The number of carboxylic acids is 1. The second kappa shape index (κ2) is 7.94. The molecule has 2 N–H and O–H groups in total. The largest absolute Gasteiger partial charge is 0.493 e. The molecule has 2 unspecified atom stereocenters. The number of methoxy groups -OCH3 is 2. The van der Waals surface area contributed by atoms with Crippen LogP contribution in [-0.2, 0) is 10.3 Å². The molecule has 4 aliphatic rings. The number of carbonyl (C=O) groups is 1. The number of nitrogens with one attached hydrogen (secondary N) is 1. The van der Waals surface area contributed by atoms with Gasteiger partial charge in [-0.05, 0) is 67.9 Å². The topological polar surface area (TPSA) is 103 Å². The lowest BCUT2D eigenvalue weighted by Crippen LogP contribution is -2.59. The minimum atomic E-state index is -0.764. The summed E-state index contributed by atoms with van der Waals surface area (Å²) in [6, 6.07) is 5.33. The first-order valence-electron chi connectivity index (χ1n) is 11.3. The summed E-state index contributed by atoms with van der Waals surface area (Å²) in [7, 11) is 3.12. The third-order valence-electron chi connectivity index (χ3n) is 7.71. The number of aromatic nitrogens is 2. The summed E-state index contributed by atoms with van der Waals surface area (Å²) in [5.41, 5.74) is 0.0516. The second-order valence-electron chi connectivity index (χ2n) is 10.0. The zero-order chi connectivity index (χ0) is 23.4. The Kier molecular flexibility index (Phi) is 5.31. The maximum Gasteiger partial charge on any atom is 0.303 e. The highest BCUT2D eigenvalue weighted by atomic mass is 35.5. The SMILES string of the molecule is COc1ccc(Nc2cnn(C34C[C@@H]5C[C@@H](CC(CC(=O)O)(C5)C3)C4)c(=O)c2Cl)cc1OC. The van der Waals surface area contributed by atoms with Crippen LogP contribution in [-0.4, -0.2) is 35.1 Å². The number of hydrogen-bond acceptors (Lipinski definition) is 6. The van der Waals surface area contributed by atoms with E-state index in [2.05, 4.69) is 10.4 Å². The fraction of sp³-hybridized carbons (Fsp3) is 0.542. The molecule has 1 aromatic carbocycles. The van der Waals surface area contributed by atoms with E-state index in [1.165, 1.54) is 0 Å². The Hall–Kier alpha value is -2.74. The predicted octanol–water partition coefficient (Wildman–Crippen LogP) is 4.43. The molecule has 1 aromatic heterocycles. The van der Waals surface area contributed by atoms with E-state index in [-0.39, 0.29) is 22.4 Å². The van der Waals surface area contributed by atoms with Crippen LogP contribution in [0.4, 0.5) is 11.4 Å². The summed E-state index contributed by atoms with van der Waals surface area (Å²) in [4.78, 5) is 25.0. The van der Waals surface area contributed by atoms with E-state index in [9.17, 15) is 14.7 Å². The van der Waals surface area contributed by atoms with Gasteiger partial charge in [0, 0.05) is 11.8 Å². The molecule has 0 aliphatic heterocycles. The fourth-order valence-electron chi connectivity index (χ4n) is 7.10. The van der Waals surface area contributed by atoms with Crippen molar-refractivity contribution in [3.63, 3.8) is 0 Å². The van der Waals surface area contributed by atoms with Crippen LogP contribution in [0.5, 0.6) is 11.5 Å². The van der Waals surface area contributed by atoms with E-state index < -0.39 is 11.5 Å². The third kappa shape index (κ3) is 3.74. The van der Waals surface area contributed by atoms with Crippen molar-refractivity contribution in [2.75, 3.05) is 19.5 Å². The summed E-state index contributed by atoms with van der Waals surface area (Å²) in [6.07, 6.45) is 7.10. The minimum absolute atomic E-state index is 0.0721. The smallest absolute Gasteiger partial charge is 0.303 e. The average Bonchev–Trinajstić information content (AvgIpc) is 2.75. The van der Waals surface area contributed by atoms with Gasteiger partial charge in [0.05, 0.1) is 38.1 Å². The molecule has 4 saturated carbocycles. The monoisotopic (exact) mass is 473 g/mol. The molecule has 2 aromatic rings. The van der Waals surface area contributed by atoms with Gasteiger partial charge < -0.3 is 19.9 Å². The van der Waals surface area contributed by atoms with Crippen LogP contribution in [0.15, 0.2) is 29.2 Å². The summed E-state index contributed by atoms with van der Waals surface area (Å²) in [5, 5.41) is 17.3. The van der Waals surface area contributed by atoms with Gasteiger partial charge in [0.1, 0.15) is 5.02 Å². The molecule has 33 heavy (non-hydrogen) atoms. The highest BCUT2D eigenvalue weighted by molar-refractivity contribution is 6.33. The molecule has 4 bridgehead atoms. The summed E-state index contributed by atoms with van der Waals surface area (Å²) in [5.74, 6) is 1.25. The quantitative estimate of drug-likeness (QED) is 0.613. The van der Waals surface area contributed by atoms with Gasteiger partial charge in [0.15, 0.2) is 11.5 Å². The zero-order valence-electron chi connectivity index (χ0n) is 18.8. The van der Waals surface area contributed by atoms with Crippen LogP contribution in [0.2, 0.25) is 5.02 Å². The number of halogens is 1. The van der Waals surface area contributed by atoms with Crippen LogP contribution < -0.4 is 20.3 Å². The number of hydrogen-bond donors (Lipinski definition) is 2. The van der Waals surface area contributed by atoms with E-state index in [4.69, 9.17) is 21.1 Å². The molecular formula is C24H28ClN3O5. The highest BCUT2D eigenvalue weighted by Gasteiger charge is 2.59. The first-order chi connectivity index (χ1) is 15.8. The van der Waals surface area contributed by atoms with Gasteiger partial charge in [-0.2, -0.15) is 5.10 Å². The van der Waals surface area contributed by atoms with E-state index in [1.54, 1.807) is 43.3 Å². The number of nitrogens with zero attached hydrogens (tertiary/aromatic N) is 2. The first-order valence-corrected chi connectivity index (χ1v) is 11.6. The van der Waals surface area contributed by atoms with E-state index >= 15 is 0 Å². The minimum Gasteiger partial charge on any atom is -0.493 e. The highest BCUT2D eigenvalue weighted by Crippen LogP contribution is 2.65. The molecule has 0 radical (unpaired) electrons. The van der Waals surface area contributed by atoms with Gasteiger partial charge in [-0.25, -0.2) is 4.68 Å². The number of rotatable bonds is 7. The van der Waals surface area contributed by atoms with Crippen LogP contribution in [0.3, 0.4) is 0 Å². The lowest BCUT2D eigenvalue weighted by Gasteiger charge is -2.61. The standard InChI is InChI=1S/C24H28ClN3O5/c1-32-18-4-3-16(6-19(18)33-2)27-17-12-26-28(22(31)21(17)25)24-9-14-5-15(10-24)8-23(7-14,13-24)11-20(29)30/h3-4,6,12,14-15,27H,5,7-11,13H2,1-2H3,(H,29,30)/t14-,15+,23?,24?. The van der Waals surface area contributed by atoms with Crippen molar-refractivity contribution in [3.8, 4) is 11.5 Å². The molecule has 4 aliphatic carbocycles. The third-order valence-corrected chi connectivity index (χ3v) is 8.07. The average molecular weight is 474 g/mol. The lowest BCUT2D eigenvalue weighted by molar-refractivity contribution is -0.151. The van der Waals surface area contributed by atoms with Crippen molar-refractivity contribution in [3.05, 3.63) is 39.8 Å². The molecule has 6 rings (SSSR count). The van der Waals surface area contributed by atoms with Gasteiger partial charge in [0.2, 0.25) is 0 Å². The van der Waals surface area contributed by atoms with E-state index in [0.29, 0.717) is 41.1 Å². The first kappa shape index (κ1) is 22.1. The number of benzene rings is 1. The second-order valence-corrected chi connectivity index (χ2v) is 10.4. The maximum atomic E-state index is 13.4. The molecule has 0 spiro atoms.